The third-order valence-electron chi connectivity index (χ3n) is 6.09. The number of ketones is 2. The number of carbonyl (C=O) groups excluding carboxylic acids is 2. The molecule has 3 atom stereocenters. The summed E-state index contributed by atoms with van der Waals surface area (Å²) in [6.07, 6.45) is -1.52. The Kier molecular flexibility index (Phi) is 8.01. The molecule has 0 saturated heterocycles. The molecule has 0 aromatic heterocycles. The third-order valence-corrected chi connectivity index (χ3v) is 6.09. The van der Waals surface area contributed by atoms with Crippen molar-refractivity contribution < 1.29 is 41.2 Å². The fourth-order valence-electron chi connectivity index (χ4n) is 4.29. The Balaban J connectivity index is 0.000000165. The minimum atomic E-state index is -1.15. The van der Waals surface area contributed by atoms with Crippen molar-refractivity contribution in [3.8, 4) is 11.5 Å². The maximum absolute atomic E-state index is 12.1. The molecule has 4 aromatic rings. The summed E-state index contributed by atoms with van der Waals surface area (Å²) in [4.78, 5) is 24.1. The van der Waals surface area contributed by atoms with Gasteiger partial charge in [0.25, 0.3) is 0 Å². The van der Waals surface area contributed by atoms with Crippen LogP contribution in [0.1, 0.15) is 50.5 Å². The molecule has 6 heteroatoms. The van der Waals surface area contributed by atoms with E-state index in [1.54, 1.807) is 18.2 Å². The second-order valence-electron chi connectivity index (χ2n) is 8.40. The summed E-state index contributed by atoms with van der Waals surface area (Å²) < 4.78 is 11.6. The SMILES string of the molecule is O=C1CC(c2ccccc2)Oc2ccccc21.O=C1c2ccccc2OC(c2ccccc2)C1O.[Cu]. The van der Waals surface area contributed by atoms with E-state index in [9.17, 15) is 14.7 Å². The number of Topliss-reactive ketones (excluding diaryl/α,β-unsaturated/α-hetero) is 2. The van der Waals surface area contributed by atoms with E-state index < -0.39 is 12.2 Å². The molecule has 5 nitrogen and oxygen atoms in total. The van der Waals surface area contributed by atoms with E-state index in [0.29, 0.717) is 29.0 Å². The minimum Gasteiger partial charge on any atom is -0.484 e. The first-order chi connectivity index (χ1) is 17.1. The molecule has 4 aromatic carbocycles. The van der Waals surface area contributed by atoms with Crippen molar-refractivity contribution in [1.82, 2.24) is 0 Å². The number of ether oxygens (including phenoxy) is 2. The molecule has 36 heavy (non-hydrogen) atoms. The van der Waals surface area contributed by atoms with E-state index in [1.165, 1.54) is 0 Å². The maximum Gasteiger partial charge on any atom is 0.199 e. The van der Waals surface area contributed by atoms with Gasteiger partial charge in [-0.15, -0.1) is 0 Å². The minimum absolute atomic E-state index is 0. The first-order valence-electron chi connectivity index (χ1n) is 11.5. The fraction of sp³-hybridized carbons (Fsp3) is 0.133. The van der Waals surface area contributed by atoms with Crippen molar-refractivity contribution in [2.24, 2.45) is 0 Å². The number of aliphatic hydroxyl groups is 1. The van der Waals surface area contributed by atoms with Crippen LogP contribution in [0.25, 0.3) is 0 Å². The quantitative estimate of drug-likeness (QED) is 0.336. The Bertz CT molecular complexity index is 1340. The standard InChI is InChI=1S/C15H12O3.C15H12O2.Cu/c16-13-11-8-4-5-9-12(11)18-15(14(13)17)10-6-2-1-3-7-10;16-13-10-15(11-6-2-1-3-7-11)17-14-9-5-4-8-12(13)14;/h1-9,14-15,17H;1-9,15H,10H2;. The molecule has 1 N–H and O–H groups in total. The first-order valence-corrected chi connectivity index (χ1v) is 11.5. The van der Waals surface area contributed by atoms with Gasteiger partial charge in [0.2, 0.25) is 0 Å². The van der Waals surface area contributed by atoms with Crippen molar-refractivity contribution in [3.05, 3.63) is 131 Å². The van der Waals surface area contributed by atoms with Gasteiger partial charge in [-0.05, 0) is 35.4 Å². The summed E-state index contributed by atoms with van der Waals surface area (Å²) in [5.74, 6) is 1.09. The summed E-state index contributed by atoms with van der Waals surface area (Å²) in [6.45, 7) is 0. The van der Waals surface area contributed by atoms with E-state index in [-0.39, 0.29) is 34.7 Å². The van der Waals surface area contributed by atoms with Crippen LogP contribution in [0.4, 0.5) is 0 Å². The average Bonchev–Trinajstić information content (AvgIpc) is 2.92. The Morgan fingerprint density at radius 1 is 0.611 bits per heavy atom. The molecular formula is C30H24CuO5. The predicted molar refractivity (Wildman–Crippen MR) is 132 cm³/mol. The molecule has 0 saturated carbocycles. The molecule has 6 rings (SSSR count). The summed E-state index contributed by atoms with van der Waals surface area (Å²) in [5.41, 5.74) is 2.99. The van der Waals surface area contributed by atoms with Gasteiger partial charge in [0, 0.05) is 17.1 Å². The van der Waals surface area contributed by atoms with Gasteiger partial charge in [-0.2, -0.15) is 0 Å². The van der Waals surface area contributed by atoms with Crippen LogP contribution in [0.3, 0.4) is 0 Å². The predicted octanol–water partition coefficient (Wildman–Crippen LogP) is 5.75. The van der Waals surface area contributed by atoms with Crippen LogP contribution >= 0.6 is 0 Å². The number of hydrogen-bond donors (Lipinski definition) is 1. The number of fused-ring (bicyclic) bond motifs is 2. The van der Waals surface area contributed by atoms with Crippen LogP contribution in [-0.4, -0.2) is 22.8 Å². The van der Waals surface area contributed by atoms with Gasteiger partial charge in [-0.25, -0.2) is 0 Å². The van der Waals surface area contributed by atoms with E-state index in [2.05, 4.69) is 0 Å². The Hall–Kier alpha value is -3.70. The smallest absolute Gasteiger partial charge is 0.199 e. The molecule has 2 aliphatic rings. The normalized spacial score (nSPS) is 19.8. The first kappa shape index (κ1) is 25.4. The molecule has 3 unspecified atom stereocenters. The summed E-state index contributed by atoms with van der Waals surface area (Å²) >= 11 is 0. The topological polar surface area (TPSA) is 72.8 Å². The van der Waals surface area contributed by atoms with E-state index in [1.807, 2.05) is 91.0 Å². The van der Waals surface area contributed by atoms with Crippen molar-refractivity contribution in [3.63, 3.8) is 0 Å². The van der Waals surface area contributed by atoms with Crippen molar-refractivity contribution in [1.29, 1.82) is 0 Å². The van der Waals surface area contributed by atoms with Gasteiger partial charge in [0.1, 0.15) is 17.6 Å². The van der Waals surface area contributed by atoms with Gasteiger partial charge < -0.3 is 14.6 Å². The molecular weight excluding hydrogens is 504 g/mol. The molecule has 1 radical (unpaired) electrons. The Morgan fingerprint density at radius 3 is 1.75 bits per heavy atom. The van der Waals surface area contributed by atoms with E-state index in [4.69, 9.17) is 9.47 Å². The summed E-state index contributed by atoms with van der Waals surface area (Å²) in [6, 6.07) is 33.6. The van der Waals surface area contributed by atoms with Crippen molar-refractivity contribution in [2.75, 3.05) is 0 Å². The van der Waals surface area contributed by atoms with Crippen LogP contribution in [0.2, 0.25) is 0 Å². The van der Waals surface area contributed by atoms with Crippen LogP contribution < -0.4 is 9.47 Å². The zero-order valence-electron chi connectivity index (χ0n) is 19.2. The fourth-order valence-corrected chi connectivity index (χ4v) is 4.29. The molecule has 0 aliphatic carbocycles. The second kappa shape index (κ2) is 11.4. The van der Waals surface area contributed by atoms with Gasteiger partial charge >= 0.3 is 0 Å². The molecule has 0 spiro atoms. The van der Waals surface area contributed by atoms with Gasteiger partial charge in [0.15, 0.2) is 23.8 Å². The van der Waals surface area contributed by atoms with Gasteiger partial charge in [-0.3, -0.25) is 9.59 Å². The number of para-hydroxylation sites is 2. The van der Waals surface area contributed by atoms with Crippen LogP contribution in [0.5, 0.6) is 11.5 Å². The molecule has 185 valence electrons. The Morgan fingerprint density at radius 2 is 1.11 bits per heavy atom. The maximum atomic E-state index is 12.1. The monoisotopic (exact) mass is 527 g/mol. The molecule has 0 amide bonds. The number of aliphatic hydroxyl groups excluding tert-OH is 1. The average molecular weight is 528 g/mol. The third kappa shape index (κ3) is 5.26. The number of benzene rings is 4. The zero-order valence-corrected chi connectivity index (χ0v) is 20.2. The Labute approximate surface area is 220 Å². The second-order valence-corrected chi connectivity index (χ2v) is 8.40. The van der Waals surface area contributed by atoms with Gasteiger partial charge in [0.05, 0.1) is 17.5 Å². The van der Waals surface area contributed by atoms with Gasteiger partial charge in [-0.1, -0.05) is 84.9 Å². The molecule has 2 aliphatic heterocycles. The number of hydrogen-bond acceptors (Lipinski definition) is 5. The zero-order chi connectivity index (χ0) is 24.2. The van der Waals surface area contributed by atoms with Crippen LogP contribution in [0, 0.1) is 0 Å². The van der Waals surface area contributed by atoms with E-state index >= 15 is 0 Å². The van der Waals surface area contributed by atoms with Crippen LogP contribution in [0.15, 0.2) is 109 Å². The van der Waals surface area contributed by atoms with E-state index in [0.717, 1.165) is 11.1 Å². The molecule has 2 heterocycles. The molecule has 0 bridgehead atoms. The number of carbonyl (C=O) groups is 2. The largest absolute Gasteiger partial charge is 0.484 e. The summed E-state index contributed by atoms with van der Waals surface area (Å²) in [7, 11) is 0. The molecule has 0 fully saturated rings. The summed E-state index contributed by atoms with van der Waals surface area (Å²) in [5, 5.41) is 10.1. The van der Waals surface area contributed by atoms with Crippen LogP contribution in [-0.2, 0) is 17.1 Å². The van der Waals surface area contributed by atoms with Crippen molar-refractivity contribution >= 4 is 11.6 Å². The number of rotatable bonds is 2. The van der Waals surface area contributed by atoms with Crippen molar-refractivity contribution in [2.45, 2.75) is 24.7 Å².